The van der Waals surface area contributed by atoms with Crippen molar-refractivity contribution in [1.29, 1.82) is 0 Å². The molecule has 2 unspecified atom stereocenters. The highest BCUT2D eigenvalue weighted by Crippen LogP contribution is 2.34. The molecule has 0 fully saturated rings. The Labute approximate surface area is 244 Å². The second kappa shape index (κ2) is 11.7. The summed E-state index contributed by atoms with van der Waals surface area (Å²) in [5.41, 5.74) is 2.03. The lowest BCUT2D eigenvalue weighted by Crippen LogP contribution is -2.37. The average Bonchev–Trinajstić information content (AvgIpc) is 3.24. The number of methoxy groups -OCH3 is 2. The van der Waals surface area contributed by atoms with Gasteiger partial charge in [0.05, 0.1) is 31.6 Å². The smallest absolute Gasteiger partial charge is 0.261 e. The molecule has 0 aromatic carbocycles. The zero-order chi connectivity index (χ0) is 31.0. The molecule has 0 bridgehead atoms. The molecular weight excluding hydrogens is 552 g/mol. The molecule has 41 heavy (non-hydrogen) atoms. The predicted molar refractivity (Wildman–Crippen MR) is 153 cm³/mol. The molecule has 0 saturated carbocycles. The number of anilines is 2. The second-order valence-electron chi connectivity index (χ2n) is 11.7. The Morgan fingerprint density at radius 2 is 1.24 bits per heavy atom. The molecular formula is C28H37ClN6O6. The Morgan fingerprint density at radius 1 is 0.780 bits per heavy atom. The van der Waals surface area contributed by atoms with Crippen LogP contribution < -0.4 is 9.80 Å². The van der Waals surface area contributed by atoms with Gasteiger partial charge in [0, 0.05) is 5.56 Å². The van der Waals surface area contributed by atoms with E-state index < -0.39 is 12.5 Å². The lowest BCUT2D eigenvalue weighted by Gasteiger charge is -2.24. The summed E-state index contributed by atoms with van der Waals surface area (Å²) in [4.78, 5) is 26.8. The first-order valence-corrected chi connectivity index (χ1v) is 13.2. The molecule has 222 valence electrons. The number of carbonyl (C=O) groups excluding carboxylic acids is 2. The number of amides is 2. The topological polar surface area (TPSA) is 151 Å². The van der Waals surface area contributed by atoms with E-state index in [-0.39, 0.29) is 45.1 Å². The van der Waals surface area contributed by atoms with Crippen molar-refractivity contribution in [3.63, 3.8) is 0 Å². The molecule has 0 saturated heterocycles. The normalized spacial score (nSPS) is 19.6. The van der Waals surface area contributed by atoms with E-state index in [9.17, 15) is 19.8 Å². The van der Waals surface area contributed by atoms with E-state index in [0.717, 1.165) is 16.0 Å². The van der Waals surface area contributed by atoms with E-state index in [4.69, 9.17) is 21.1 Å². The Bertz CT molecular complexity index is 1410. The Morgan fingerprint density at radius 3 is 1.63 bits per heavy atom. The first-order valence-electron chi connectivity index (χ1n) is 12.8. The van der Waals surface area contributed by atoms with Gasteiger partial charge in [-0.05, 0) is 42.4 Å². The van der Waals surface area contributed by atoms with Gasteiger partial charge in [-0.15, -0.1) is 15.3 Å². The van der Waals surface area contributed by atoms with Gasteiger partial charge < -0.3 is 19.7 Å². The van der Waals surface area contributed by atoms with Crippen LogP contribution in [0.5, 0.6) is 0 Å². The van der Waals surface area contributed by atoms with Crippen molar-refractivity contribution in [2.45, 2.75) is 78.7 Å². The summed E-state index contributed by atoms with van der Waals surface area (Å²) in [7, 11) is 2.84. The number of ether oxygens (including phenoxy) is 2. The Hall–Kier alpha value is -3.61. The number of hydrogen-bond acceptors (Lipinski definition) is 10. The van der Waals surface area contributed by atoms with Crippen LogP contribution in [-0.4, -0.2) is 69.1 Å². The molecule has 2 aromatic heterocycles. The molecule has 2 N–H and O–H groups in total. The van der Waals surface area contributed by atoms with E-state index in [2.05, 4.69) is 20.4 Å². The largest absolute Gasteiger partial charge is 0.496 e. The zero-order valence-corrected chi connectivity index (χ0v) is 25.7. The fourth-order valence-electron chi connectivity index (χ4n) is 4.29. The summed E-state index contributed by atoms with van der Waals surface area (Å²) in [6.45, 7) is 15.3. The summed E-state index contributed by atoms with van der Waals surface area (Å²) in [6, 6.07) is 3.43. The third kappa shape index (κ3) is 6.19. The number of hydrogen-bond donors (Lipinski definition) is 2. The van der Waals surface area contributed by atoms with Crippen LogP contribution in [0.3, 0.4) is 0 Å². The minimum Gasteiger partial charge on any atom is -0.496 e. The van der Waals surface area contributed by atoms with Crippen LogP contribution in [0.4, 0.5) is 11.6 Å². The molecule has 2 aliphatic heterocycles. The van der Waals surface area contributed by atoms with Gasteiger partial charge in [0.15, 0.2) is 40.8 Å². The van der Waals surface area contributed by atoms with E-state index in [1.54, 1.807) is 32.2 Å². The Balaban J connectivity index is 0.000000226. The highest BCUT2D eigenvalue weighted by molar-refractivity contribution is 6.30. The van der Waals surface area contributed by atoms with Crippen LogP contribution in [0.15, 0.2) is 41.0 Å². The molecule has 0 aliphatic carbocycles. The van der Waals surface area contributed by atoms with Crippen molar-refractivity contribution >= 4 is 35.1 Å². The van der Waals surface area contributed by atoms with Gasteiger partial charge in [0.2, 0.25) is 0 Å². The second-order valence-corrected chi connectivity index (χ2v) is 12.1. The zero-order valence-electron chi connectivity index (χ0n) is 25.0. The SMILES string of the molecule is COC1=C(C)C(=O)N(c2cc(C(C)(C)C)c(Cl)nn2)C1O.COC1=C(C)C(=O)N(c2cc(C(C)(C)C)cnn2)C1O. The summed E-state index contributed by atoms with van der Waals surface area (Å²) in [5.74, 6) is 0.340. The lowest BCUT2D eigenvalue weighted by atomic mass is 9.88. The molecule has 4 rings (SSSR count). The average molecular weight is 589 g/mol. The van der Waals surface area contributed by atoms with E-state index in [1.807, 2.05) is 41.5 Å². The number of nitrogens with zero attached hydrogens (tertiary/aromatic N) is 6. The van der Waals surface area contributed by atoms with E-state index >= 15 is 0 Å². The van der Waals surface area contributed by atoms with Crippen molar-refractivity contribution in [2.24, 2.45) is 0 Å². The van der Waals surface area contributed by atoms with Gasteiger partial charge in [-0.2, -0.15) is 5.10 Å². The fourth-order valence-corrected chi connectivity index (χ4v) is 4.66. The first-order chi connectivity index (χ1) is 18.9. The van der Waals surface area contributed by atoms with Crippen molar-refractivity contribution in [1.82, 2.24) is 20.4 Å². The summed E-state index contributed by atoms with van der Waals surface area (Å²) in [5, 5.41) is 36.4. The predicted octanol–water partition coefficient (Wildman–Crippen LogP) is 3.37. The molecule has 2 atom stereocenters. The lowest BCUT2D eigenvalue weighted by molar-refractivity contribution is -0.116. The summed E-state index contributed by atoms with van der Waals surface area (Å²) in [6.07, 6.45) is -0.698. The first kappa shape index (κ1) is 31.9. The van der Waals surface area contributed by atoms with Gasteiger partial charge >= 0.3 is 0 Å². The maximum atomic E-state index is 12.3. The van der Waals surface area contributed by atoms with Gasteiger partial charge in [-0.1, -0.05) is 53.1 Å². The van der Waals surface area contributed by atoms with Crippen LogP contribution in [0.1, 0.15) is 66.5 Å². The quantitative estimate of drug-likeness (QED) is 0.544. The summed E-state index contributed by atoms with van der Waals surface area (Å²) < 4.78 is 10.1. The van der Waals surface area contributed by atoms with Crippen LogP contribution in [0, 0.1) is 0 Å². The number of carbonyl (C=O) groups is 2. The maximum Gasteiger partial charge on any atom is 0.261 e. The Kier molecular flexibility index (Phi) is 9.11. The molecule has 4 heterocycles. The monoisotopic (exact) mass is 588 g/mol. The van der Waals surface area contributed by atoms with Crippen LogP contribution >= 0.6 is 11.6 Å². The van der Waals surface area contributed by atoms with E-state index in [1.165, 1.54) is 19.1 Å². The van der Waals surface area contributed by atoms with Crippen molar-refractivity contribution in [3.8, 4) is 0 Å². The molecule has 12 nitrogen and oxygen atoms in total. The molecule has 0 spiro atoms. The van der Waals surface area contributed by atoms with Crippen molar-refractivity contribution in [2.75, 3.05) is 24.0 Å². The fraction of sp³-hybridized carbons (Fsp3) is 0.500. The van der Waals surface area contributed by atoms with Crippen LogP contribution in [0.25, 0.3) is 0 Å². The number of aliphatic hydroxyl groups excluding tert-OH is 2. The third-order valence-electron chi connectivity index (χ3n) is 6.76. The van der Waals surface area contributed by atoms with Crippen molar-refractivity contribution in [3.05, 3.63) is 57.3 Å². The van der Waals surface area contributed by atoms with Crippen LogP contribution in [-0.2, 0) is 29.9 Å². The number of halogens is 1. The maximum absolute atomic E-state index is 12.3. The molecule has 13 heteroatoms. The highest BCUT2D eigenvalue weighted by Gasteiger charge is 2.40. The van der Waals surface area contributed by atoms with Gasteiger partial charge in [0.25, 0.3) is 11.8 Å². The third-order valence-corrected chi connectivity index (χ3v) is 7.04. The molecule has 2 aliphatic rings. The van der Waals surface area contributed by atoms with Gasteiger partial charge in [-0.25, -0.2) is 0 Å². The number of aromatic nitrogens is 4. The van der Waals surface area contributed by atoms with Crippen LogP contribution in [0.2, 0.25) is 5.15 Å². The van der Waals surface area contributed by atoms with Gasteiger partial charge in [0.1, 0.15) is 0 Å². The van der Waals surface area contributed by atoms with E-state index in [0.29, 0.717) is 17.0 Å². The molecule has 2 amide bonds. The number of rotatable bonds is 4. The molecule has 0 radical (unpaired) electrons. The highest BCUT2D eigenvalue weighted by atomic mass is 35.5. The summed E-state index contributed by atoms with van der Waals surface area (Å²) >= 11 is 6.07. The van der Waals surface area contributed by atoms with Gasteiger partial charge in [-0.3, -0.25) is 19.4 Å². The van der Waals surface area contributed by atoms with Crippen molar-refractivity contribution < 1.29 is 29.3 Å². The molecule has 2 aromatic rings. The number of aliphatic hydroxyl groups is 2. The standard InChI is InChI=1S/C14H18ClN3O3.C14H19N3O3/c1-7-10(21-5)13(20)18(12(7)19)9-6-8(14(2,3)4)11(15)17-16-9;1-8-11(20-5)13(19)17(12(8)18)10-6-9(7-15-16-10)14(2,3)4/h6,13,20H,1-5H3;6-7,13,19H,1-5H3. The minimum atomic E-state index is -1.20. The minimum absolute atomic E-state index is 0.120.